The second-order valence-corrected chi connectivity index (χ2v) is 11.4. The number of carbonyl (C=O) groups is 2. The van der Waals surface area contributed by atoms with E-state index in [4.69, 9.17) is 14.0 Å². The number of nitrogens with zero attached hydrogens (tertiary/aromatic N) is 6. The number of methoxy groups -OCH3 is 1. The Morgan fingerprint density at radius 2 is 1.96 bits per heavy atom. The number of nitrogens with one attached hydrogen (secondary N) is 2. The zero-order chi connectivity index (χ0) is 32.7. The monoisotopic (exact) mass is 616 g/mol. The van der Waals surface area contributed by atoms with E-state index in [1.165, 1.54) is 24.1 Å². The maximum absolute atomic E-state index is 13.4. The van der Waals surface area contributed by atoms with Crippen LogP contribution in [0.5, 0.6) is 5.75 Å². The Morgan fingerprint density at radius 3 is 2.62 bits per heavy atom. The largest absolute Gasteiger partial charge is 0.489 e. The summed E-state index contributed by atoms with van der Waals surface area (Å²) >= 11 is 0. The summed E-state index contributed by atoms with van der Waals surface area (Å²) in [6, 6.07) is 9.44. The number of hydrogen-bond acceptors (Lipinski definition) is 10. The van der Waals surface area contributed by atoms with Crippen LogP contribution < -0.4 is 20.9 Å². The Kier molecular flexibility index (Phi) is 10.0. The van der Waals surface area contributed by atoms with E-state index in [-0.39, 0.29) is 17.1 Å². The minimum absolute atomic E-state index is 0.204. The van der Waals surface area contributed by atoms with Gasteiger partial charge in [0, 0.05) is 38.2 Å². The van der Waals surface area contributed by atoms with Crippen LogP contribution in [0.3, 0.4) is 0 Å². The highest BCUT2D eigenvalue weighted by Gasteiger charge is 2.32. The second-order valence-electron chi connectivity index (χ2n) is 11.4. The lowest BCUT2D eigenvalue weighted by Crippen LogP contribution is -2.33. The molecule has 0 aliphatic rings. The molecule has 0 unspecified atom stereocenters. The first-order valence-corrected chi connectivity index (χ1v) is 14.3. The minimum Gasteiger partial charge on any atom is -0.489 e. The van der Waals surface area contributed by atoms with Crippen LogP contribution in [0.15, 0.2) is 58.4 Å². The number of rotatable bonds is 11. The molecule has 1 aromatic carbocycles. The van der Waals surface area contributed by atoms with Gasteiger partial charge in [-0.25, -0.2) is 9.78 Å². The molecule has 0 saturated heterocycles. The number of ether oxygens (including phenoxy) is 2. The molecule has 0 aliphatic heterocycles. The SMILES string of the molecule is COc1c(C(=O)Nc2cnoc2)nc([C@H](C)[C@@H](c2cnn(CCCNC(=O)OC(C)(C)C)c2)c2ccccc2C#N)n(C)c1=O. The molecule has 2 atom stereocenters. The maximum atomic E-state index is 13.4. The quantitative estimate of drug-likeness (QED) is 0.234. The van der Waals surface area contributed by atoms with E-state index in [9.17, 15) is 19.6 Å². The molecule has 3 heterocycles. The van der Waals surface area contributed by atoms with Gasteiger partial charge in [0.05, 0.1) is 31.1 Å². The van der Waals surface area contributed by atoms with E-state index in [2.05, 4.69) is 31.9 Å². The first-order valence-electron chi connectivity index (χ1n) is 14.3. The smallest absolute Gasteiger partial charge is 0.407 e. The average molecular weight is 617 g/mol. The van der Waals surface area contributed by atoms with E-state index in [1.807, 2.05) is 25.3 Å². The van der Waals surface area contributed by atoms with Crippen molar-refractivity contribution in [1.82, 2.24) is 29.8 Å². The number of carbonyl (C=O) groups excluding carboxylic acids is 2. The fourth-order valence-electron chi connectivity index (χ4n) is 4.96. The van der Waals surface area contributed by atoms with Gasteiger partial charge < -0.3 is 24.6 Å². The van der Waals surface area contributed by atoms with Crippen molar-refractivity contribution in [1.29, 1.82) is 5.26 Å². The number of amides is 2. The third-order valence-corrected chi connectivity index (χ3v) is 6.96. The minimum atomic E-state index is -0.678. The summed E-state index contributed by atoms with van der Waals surface area (Å²) < 4.78 is 18.5. The molecule has 0 radical (unpaired) electrons. The molecule has 0 aliphatic carbocycles. The van der Waals surface area contributed by atoms with E-state index in [0.29, 0.717) is 36.5 Å². The van der Waals surface area contributed by atoms with Crippen molar-refractivity contribution in [3.05, 3.63) is 87.7 Å². The van der Waals surface area contributed by atoms with Crippen LogP contribution in [0.25, 0.3) is 0 Å². The van der Waals surface area contributed by atoms with Crippen LogP contribution in [0.1, 0.15) is 79.0 Å². The van der Waals surface area contributed by atoms with Gasteiger partial charge in [-0.15, -0.1) is 0 Å². The predicted molar refractivity (Wildman–Crippen MR) is 163 cm³/mol. The lowest BCUT2D eigenvalue weighted by molar-refractivity contribution is 0.0526. The summed E-state index contributed by atoms with van der Waals surface area (Å²) in [4.78, 5) is 43.3. The average Bonchev–Trinajstić information content (AvgIpc) is 3.68. The van der Waals surface area contributed by atoms with Crippen LogP contribution in [0, 0.1) is 11.3 Å². The molecule has 4 aromatic rings. The van der Waals surface area contributed by atoms with Crippen molar-refractivity contribution in [2.45, 2.75) is 58.1 Å². The Hall–Kier alpha value is -5.45. The van der Waals surface area contributed by atoms with Gasteiger partial charge in [0.1, 0.15) is 23.4 Å². The normalized spacial score (nSPS) is 12.6. The third kappa shape index (κ3) is 7.74. The number of aryl methyl sites for hydroxylation is 1. The lowest BCUT2D eigenvalue weighted by atomic mass is 9.80. The second kappa shape index (κ2) is 13.9. The molecule has 0 saturated carbocycles. The number of alkyl carbamates (subject to hydrolysis) is 1. The van der Waals surface area contributed by atoms with E-state index < -0.39 is 35.0 Å². The van der Waals surface area contributed by atoms with Gasteiger partial charge in [0.25, 0.3) is 11.5 Å². The number of hydrogen-bond donors (Lipinski definition) is 2. The molecule has 0 fully saturated rings. The molecule has 14 nitrogen and oxygen atoms in total. The van der Waals surface area contributed by atoms with E-state index in [1.54, 1.807) is 50.8 Å². The van der Waals surface area contributed by atoms with Crippen molar-refractivity contribution in [3.8, 4) is 11.8 Å². The summed E-state index contributed by atoms with van der Waals surface area (Å²) in [5.74, 6) is -1.60. The van der Waals surface area contributed by atoms with Crippen molar-refractivity contribution in [3.63, 3.8) is 0 Å². The van der Waals surface area contributed by atoms with Gasteiger partial charge in [-0.05, 0) is 44.4 Å². The fourth-order valence-corrected chi connectivity index (χ4v) is 4.96. The Labute approximate surface area is 260 Å². The molecule has 4 rings (SSSR count). The Balaban J connectivity index is 1.67. The summed E-state index contributed by atoms with van der Waals surface area (Å²) in [5.41, 5.74) is 0.872. The predicted octanol–water partition coefficient (Wildman–Crippen LogP) is 3.95. The highest BCUT2D eigenvalue weighted by atomic mass is 16.6. The van der Waals surface area contributed by atoms with Gasteiger partial charge in [0.2, 0.25) is 5.75 Å². The van der Waals surface area contributed by atoms with Gasteiger partial charge in [-0.1, -0.05) is 30.3 Å². The molecule has 2 amide bonds. The van der Waals surface area contributed by atoms with Crippen LogP contribution in [0.2, 0.25) is 0 Å². The molecule has 3 aromatic heterocycles. The summed E-state index contributed by atoms with van der Waals surface area (Å²) in [7, 11) is 2.85. The Bertz CT molecular complexity index is 1750. The fraction of sp³-hybridized carbons (Fsp3) is 0.387. The van der Waals surface area contributed by atoms with Crippen molar-refractivity contribution in [2.24, 2.45) is 7.05 Å². The standard InChI is InChI=1S/C31H36N8O6/c1-19(27-37-25(26(43-6)29(41)38(27)5)28(40)36-22-16-35-44-18-22)24(23-11-8-7-10-20(23)14-32)21-15-34-39(17-21)13-9-12-33-30(42)45-31(2,3)4/h7-8,10-11,15-19,24H,9,12-13H2,1-6H3,(H,33,42)(H,36,40)/t19-,24+/m1/s1. The lowest BCUT2D eigenvalue weighted by Gasteiger charge is -2.26. The van der Waals surface area contributed by atoms with E-state index >= 15 is 0 Å². The molecule has 0 bridgehead atoms. The molecule has 236 valence electrons. The van der Waals surface area contributed by atoms with E-state index in [0.717, 1.165) is 5.56 Å². The van der Waals surface area contributed by atoms with Crippen LogP contribution in [-0.4, -0.2) is 55.7 Å². The van der Waals surface area contributed by atoms with Gasteiger partial charge in [-0.3, -0.25) is 18.8 Å². The summed E-state index contributed by atoms with van der Waals surface area (Å²) in [6.07, 6.45) is 6.23. The van der Waals surface area contributed by atoms with Gasteiger partial charge >= 0.3 is 6.09 Å². The van der Waals surface area contributed by atoms with Crippen LogP contribution in [-0.2, 0) is 18.3 Å². The summed E-state index contributed by atoms with van der Waals surface area (Å²) in [5, 5.41) is 23.4. The first kappa shape index (κ1) is 32.5. The van der Waals surface area contributed by atoms with Crippen molar-refractivity contribution < 1.29 is 23.6 Å². The number of aromatic nitrogens is 5. The molecule has 45 heavy (non-hydrogen) atoms. The highest BCUT2D eigenvalue weighted by molar-refractivity contribution is 6.04. The topological polar surface area (TPSA) is 179 Å². The highest BCUT2D eigenvalue weighted by Crippen LogP contribution is 2.39. The van der Waals surface area contributed by atoms with Crippen LogP contribution in [0.4, 0.5) is 10.5 Å². The number of anilines is 1. The maximum Gasteiger partial charge on any atom is 0.407 e. The van der Waals surface area contributed by atoms with Gasteiger partial charge in [-0.2, -0.15) is 10.4 Å². The first-order chi connectivity index (χ1) is 21.4. The Morgan fingerprint density at radius 1 is 1.20 bits per heavy atom. The molecular formula is C31H36N8O6. The molecular weight excluding hydrogens is 580 g/mol. The molecule has 0 spiro atoms. The zero-order valence-electron chi connectivity index (χ0n) is 26.0. The zero-order valence-corrected chi connectivity index (χ0v) is 26.0. The molecule has 2 N–H and O–H groups in total. The van der Waals surface area contributed by atoms with Gasteiger partial charge in [0.15, 0.2) is 5.69 Å². The third-order valence-electron chi connectivity index (χ3n) is 6.96. The molecule has 14 heteroatoms. The van der Waals surface area contributed by atoms with Crippen molar-refractivity contribution in [2.75, 3.05) is 19.0 Å². The number of nitriles is 1. The number of benzene rings is 1. The summed E-state index contributed by atoms with van der Waals surface area (Å²) in [6.45, 7) is 8.16. The van der Waals surface area contributed by atoms with Crippen molar-refractivity contribution >= 4 is 17.7 Å². The van der Waals surface area contributed by atoms with Crippen LogP contribution >= 0.6 is 0 Å².